The number of carbonyl (C=O) groups is 3. The molecule has 0 aromatic rings. The van der Waals surface area contributed by atoms with E-state index < -0.39 is 38.7 Å². The predicted octanol–water partition coefficient (Wildman–Crippen LogP) is 0.434. The number of aliphatic hydroxyl groups is 1. The Hall–Kier alpha value is -3.33. The number of aliphatic hydroxyl groups excluding tert-OH is 1. The molecule has 0 aliphatic heterocycles. The van der Waals surface area contributed by atoms with Gasteiger partial charge in [-0.15, -0.1) is 23.7 Å². The molecule has 4 aliphatic carbocycles. The number of fused-ring (bicyclic) bond motifs is 2. The lowest BCUT2D eigenvalue weighted by atomic mass is 10.1. The molecule has 0 bridgehead atoms. The van der Waals surface area contributed by atoms with Gasteiger partial charge in [-0.25, -0.2) is 23.8 Å². The molecule has 4 aliphatic rings. The lowest BCUT2D eigenvalue weighted by Gasteiger charge is -2.22. The molecule has 17 nitrogen and oxygen atoms in total. The zero-order valence-corrected chi connectivity index (χ0v) is 29.5. The van der Waals surface area contributed by atoms with Crippen molar-refractivity contribution in [2.75, 3.05) is 65.8 Å². The molecule has 0 heterocycles. The molecule has 5 N–H and O–H groups in total. The molecule has 50 heavy (non-hydrogen) atoms. The highest BCUT2D eigenvalue weighted by molar-refractivity contribution is 7.88. The van der Waals surface area contributed by atoms with Gasteiger partial charge in [0.05, 0.1) is 33.0 Å². The van der Waals surface area contributed by atoms with Crippen LogP contribution in [0.4, 0.5) is 14.4 Å². The maximum Gasteiger partial charge on any atom is 0.421 e. The van der Waals surface area contributed by atoms with E-state index in [4.69, 9.17) is 24.1 Å². The number of hydrogen-bond donors (Lipinski definition) is 5. The Balaban J connectivity index is 1.17. The molecule has 3 amide bonds. The molecule has 0 aromatic carbocycles. The number of nitrogens with zero attached hydrogens (tertiary/aromatic N) is 1. The topological polar surface area (TPSA) is 228 Å². The molecule has 19 heteroatoms. The summed E-state index contributed by atoms with van der Waals surface area (Å²) in [4.78, 5) is 38.1. The molecule has 4 rings (SSSR count). The van der Waals surface area contributed by atoms with Crippen molar-refractivity contribution >= 4 is 38.7 Å². The average molecular weight is 746 g/mol. The second-order valence-corrected chi connectivity index (χ2v) is 15.5. The summed E-state index contributed by atoms with van der Waals surface area (Å²) in [6.07, 6.45) is 3.66. The van der Waals surface area contributed by atoms with Crippen LogP contribution in [-0.4, -0.2) is 111 Å². The number of rotatable bonds is 19. The molecule has 280 valence electrons. The fourth-order valence-corrected chi connectivity index (χ4v) is 8.05. The van der Waals surface area contributed by atoms with E-state index >= 15 is 0 Å². The van der Waals surface area contributed by atoms with E-state index in [1.165, 1.54) is 0 Å². The molecule has 6 atom stereocenters. The van der Waals surface area contributed by atoms with Gasteiger partial charge in [-0.3, -0.25) is 0 Å². The van der Waals surface area contributed by atoms with Crippen molar-refractivity contribution in [2.45, 2.75) is 51.4 Å². The SMILES string of the molecule is O=C(NS(=O)(=O)NCCN(CCNS(=O)(=O)NC(=O)OC[C@@H]1[C@@H]2CCC#CCC[C@@H]21)C(=O)OCCOCCO)OC[C@@H]1[C@@H]2CCC#CCC[C@@H]21. The fraction of sp³-hybridized carbons (Fsp3) is 0.774. The first kappa shape index (κ1) is 39.5. The lowest BCUT2D eigenvalue weighted by Crippen LogP contribution is -2.47. The van der Waals surface area contributed by atoms with Crippen molar-refractivity contribution in [3.63, 3.8) is 0 Å². The van der Waals surface area contributed by atoms with E-state index in [9.17, 15) is 31.2 Å². The van der Waals surface area contributed by atoms with Crippen LogP contribution in [0.3, 0.4) is 0 Å². The maximum atomic E-state index is 12.7. The normalized spacial score (nSPS) is 25.1. The third kappa shape index (κ3) is 13.4. The van der Waals surface area contributed by atoms with Crippen molar-refractivity contribution in [2.24, 2.45) is 35.5 Å². The summed E-state index contributed by atoms with van der Waals surface area (Å²) >= 11 is 0. The van der Waals surface area contributed by atoms with Gasteiger partial charge in [0.1, 0.15) is 6.61 Å². The molecular formula is C31H47N5O12S2. The highest BCUT2D eigenvalue weighted by Crippen LogP contribution is 2.53. The molecule has 0 aromatic heterocycles. The molecule has 0 radical (unpaired) electrons. The van der Waals surface area contributed by atoms with Gasteiger partial charge < -0.3 is 29.0 Å². The van der Waals surface area contributed by atoms with Crippen LogP contribution in [-0.2, 0) is 39.4 Å². The molecule has 2 saturated carbocycles. The first-order valence-electron chi connectivity index (χ1n) is 16.9. The minimum atomic E-state index is -4.37. The lowest BCUT2D eigenvalue weighted by molar-refractivity contribution is 0.0420. The Morgan fingerprint density at radius 2 is 1.06 bits per heavy atom. The standard InChI is InChI=1S/C31H47N5O12S2/c37-17-18-45-19-20-46-31(40)36(15-13-32-49(41,42)34-29(38)47-21-27-23-9-5-1-2-6-10-24(23)27)16-14-33-50(43,44)35-30(39)48-22-28-25-11-7-3-4-8-12-26(25)28/h23-28,32-33,37H,5-22H2,(H,34,38)(H,35,39)/t23-,24+,25-,26+,27-,28-. The molecule has 2 fully saturated rings. The quantitative estimate of drug-likeness (QED) is 0.0690. The van der Waals surface area contributed by atoms with Crippen LogP contribution >= 0.6 is 0 Å². The summed E-state index contributed by atoms with van der Waals surface area (Å²) in [7, 11) is -8.73. The summed E-state index contributed by atoms with van der Waals surface area (Å²) in [5.74, 6) is 14.4. The average Bonchev–Trinajstić information content (AvgIpc) is 3.89. The molecule has 0 spiro atoms. The van der Waals surface area contributed by atoms with Gasteiger partial charge >= 0.3 is 38.7 Å². The smallest absolute Gasteiger partial charge is 0.421 e. The third-order valence-electron chi connectivity index (χ3n) is 9.22. The number of nitrogens with one attached hydrogen (secondary N) is 4. The summed E-state index contributed by atoms with van der Waals surface area (Å²) in [6.45, 7) is -1.55. The van der Waals surface area contributed by atoms with Gasteiger partial charge in [0.2, 0.25) is 0 Å². The first-order chi connectivity index (χ1) is 24.0. The number of ether oxygens (including phenoxy) is 4. The maximum absolute atomic E-state index is 12.7. The van der Waals surface area contributed by atoms with Crippen LogP contribution in [0.2, 0.25) is 0 Å². The minimum absolute atomic E-state index is 0.0241. The summed E-state index contributed by atoms with van der Waals surface area (Å²) in [5.41, 5.74) is 0. The van der Waals surface area contributed by atoms with E-state index in [1.54, 1.807) is 9.44 Å². The van der Waals surface area contributed by atoms with Gasteiger partial charge in [-0.2, -0.15) is 26.3 Å². The van der Waals surface area contributed by atoms with E-state index in [2.05, 4.69) is 33.1 Å². The third-order valence-corrected chi connectivity index (χ3v) is 11.3. The Labute approximate surface area is 293 Å². The molecule has 0 unspecified atom stereocenters. The number of hydrogen-bond acceptors (Lipinski definition) is 12. The van der Waals surface area contributed by atoms with Crippen LogP contribution in [0.5, 0.6) is 0 Å². The highest BCUT2D eigenvalue weighted by Gasteiger charge is 2.50. The second kappa shape index (κ2) is 19.3. The fourth-order valence-electron chi connectivity index (χ4n) is 6.63. The van der Waals surface area contributed by atoms with Crippen LogP contribution in [0.15, 0.2) is 0 Å². The van der Waals surface area contributed by atoms with E-state index in [1.807, 2.05) is 0 Å². The van der Waals surface area contributed by atoms with Crippen LogP contribution in [0.25, 0.3) is 0 Å². The number of carbonyl (C=O) groups excluding carboxylic acids is 3. The zero-order chi connectivity index (χ0) is 36.0. The highest BCUT2D eigenvalue weighted by atomic mass is 32.2. The number of amides is 3. The Morgan fingerprint density at radius 1 is 0.640 bits per heavy atom. The summed E-state index contributed by atoms with van der Waals surface area (Å²) in [6, 6.07) is 0. The van der Waals surface area contributed by atoms with Gasteiger partial charge in [0.25, 0.3) is 0 Å². The largest absolute Gasteiger partial charge is 0.449 e. The van der Waals surface area contributed by atoms with Crippen molar-refractivity contribution in [3.8, 4) is 23.7 Å². The van der Waals surface area contributed by atoms with E-state index in [0.717, 1.165) is 56.3 Å². The van der Waals surface area contributed by atoms with Crippen LogP contribution < -0.4 is 18.9 Å². The zero-order valence-electron chi connectivity index (χ0n) is 27.9. The van der Waals surface area contributed by atoms with E-state index in [-0.39, 0.29) is 77.7 Å². The summed E-state index contributed by atoms with van der Waals surface area (Å²) in [5, 5.41) is 8.81. The van der Waals surface area contributed by atoms with E-state index in [0.29, 0.717) is 23.7 Å². The van der Waals surface area contributed by atoms with Gasteiger partial charge in [-0.1, -0.05) is 0 Å². The second-order valence-electron chi connectivity index (χ2n) is 12.5. The monoisotopic (exact) mass is 745 g/mol. The van der Waals surface area contributed by atoms with Crippen LogP contribution in [0, 0.1) is 59.2 Å². The Morgan fingerprint density at radius 3 is 1.46 bits per heavy atom. The predicted molar refractivity (Wildman–Crippen MR) is 177 cm³/mol. The van der Waals surface area contributed by atoms with Crippen molar-refractivity contribution in [1.82, 2.24) is 23.8 Å². The molecular weight excluding hydrogens is 698 g/mol. The minimum Gasteiger partial charge on any atom is -0.449 e. The van der Waals surface area contributed by atoms with Crippen molar-refractivity contribution in [3.05, 3.63) is 0 Å². The van der Waals surface area contributed by atoms with Crippen molar-refractivity contribution < 1.29 is 55.3 Å². The molecule has 0 saturated heterocycles. The van der Waals surface area contributed by atoms with Gasteiger partial charge in [0.15, 0.2) is 0 Å². The Bertz CT molecular complexity index is 1380. The Kier molecular flexibility index (Phi) is 15.3. The van der Waals surface area contributed by atoms with Gasteiger partial charge in [0, 0.05) is 51.9 Å². The first-order valence-corrected chi connectivity index (χ1v) is 19.9. The summed E-state index contributed by atoms with van der Waals surface area (Å²) < 4.78 is 78.1. The van der Waals surface area contributed by atoms with Gasteiger partial charge in [-0.05, 0) is 61.2 Å². The van der Waals surface area contributed by atoms with Crippen LogP contribution in [0.1, 0.15) is 51.4 Å². The van der Waals surface area contributed by atoms with Crippen molar-refractivity contribution in [1.29, 1.82) is 0 Å².